The van der Waals surface area contributed by atoms with Crippen LogP contribution >= 0.6 is 11.6 Å². The van der Waals surface area contributed by atoms with Gasteiger partial charge in [-0.3, -0.25) is 9.63 Å². The van der Waals surface area contributed by atoms with E-state index in [2.05, 4.69) is 9.88 Å². The number of piperazine rings is 1. The molecule has 1 saturated heterocycles. The smallest absolute Gasteiger partial charge is 0.264 e. The maximum Gasteiger partial charge on any atom is 0.264 e. The Labute approximate surface area is 169 Å². The molecular weight excluding hydrogens is 404 g/mol. The van der Waals surface area contributed by atoms with Crippen LogP contribution in [0.15, 0.2) is 47.5 Å². The average molecular weight is 425 g/mol. The van der Waals surface area contributed by atoms with Gasteiger partial charge in [0.2, 0.25) is 0 Å². The van der Waals surface area contributed by atoms with E-state index in [1.165, 1.54) is 38.4 Å². The standard InChI is InChI=1S/C18H21ClN4O4S/c1-21(27-2)28(25,26)16-6-3-14(4-7-16)18(24)23-11-9-22(10-12-23)17-8-5-15(19)13-20-17/h3-8,13H,9-12H2,1-2H3. The topological polar surface area (TPSA) is 83.0 Å². The van der Waals surface area contributed by atoms with Gasteiger partial charge >= 0.3 is 0 Å². The summed E-state index contributed by atoms with van der Waals surface area (Å²) in [5, 5.41) is 0.583. The van der Waals surface area contributed by atoms with Gasteiger partial charge in [-0.1, -0.05) is 16.1 Å². The zero-order chi connectivity index (χ0) is 20.3. The number of carbonyl (C=O) groups excluding carboxylic acids is 1. The van der Waals surface area contributed by atoms with Crippen molar-refractivity contribution in [2.24, 2.45) is 0 Å². The number of benzene rings is 1. The lowest BCUT2D eigenvalue weighted by atomic mass is 10.2. The molecule has 0 radical (unpaired) electrons. The fraction of sp³-hybridized carbons (Fsp3) is 0.333. The van der Waals surface area contributed by atoms with E-state index < -0.39 is 10.0 Å². The molecule has 1 aliphatic heterocycles. The molecule has 0 saturated carbocycles. The van der Waals surface area contributed by atoms with Gasteiger partial charge in [-0.15, -0.1) is 0 Å². The number of halogens is 1. The van der Waals surface area contributed by atoms with Gasteiger partial charge in [-0.2, -0.15) is 0 Å². The molecule has 28 heavy (non-hydrogen) atoms. The maximum absolute atomic E-state index is 12.7. The van der Waals surface area contributed by atoms with Gasteiger partial charge in [0.25, 0.3) is 15.9 Å². The summed E-state index contributed by atoms with van der Waals surface area (Å²) in [7, 11) is -1.15. The number of rotatable bonds is 5. The van der Waals surface area contributed by atoms with Gasteiger partial charge in [0, 0.05) is 45.0 Å². The summed E-state index contributed by atoms with van der Waals surface area (Å²) in [6, 6.07) is 9.50. The van der Waals surface area contributed by atoms with E-state index in [1.807, 2.05) is 6.07 Å². The van der Waals surface area contributed by atoms with Crippen molar-refractivity contribution >= 4 is 33.3 Å². The average Bonchev–Trinajstić information content (AvgIpc) is 2.73. The predicted molar refractivity (Wildman–Crippen MR) is 106 cm³/mol. The van der Waals surface area contributed by atoms with Crippen molar-refractivity contribution in [3.63, 3.8) is 0 Å². The van der Waals surface area contributed by atoms with E-state index >= 15 is 0 Å². The van der Waals surface area contributed by atoms with Gasteiger partial charge in [-0.05, 0) is 36.4 Å². The number of hydroxylamine groups is 1. The monoisotopic (exact) mass is 424 g/mol. The second-order valence-electron chi connectivity index (χ2n) is 6.24. The number of hydrogen-bond donors (Lipinski definition) is 0. The first-order chi connectivity index (χ1) is 13.3. The highest BCUT2D eigenvalue weighted by Crippen LogP contribution is 2.19. The van der Waals surface area contributed by atoms with Crippen molar-refractivity contribution in [1.29, 1.82) is 0 Å². The van der Waals surface area contributed by atoms with Crippen LogP contribution in [-0.2, 0) is 14.9 Å². The van der Waals surface area contributed by atoms with Crippen LogP contribution in [0.4, 0.5) is 5.82 Å². The Morgan fingerprint density at radius 1 is 1.11 bits per heavy atom. The summed E-state index contributed by atoms with van der Waals surface area (Å²) in [6.45, 7) is 2.42. The van der Waals surface area contributed by atoms with Crippen LogP contribution in [0.25, 0.3) is 0 Å². The van der Waals surface area contributed by atoms with E-state index in [-0.39, 0.29) is 10.8 Å². The van der Waals surface area contributed by atoms with E-state index in [1.54, 1.807) is 17.2 Å². The van der Waals surface area contributed by atoms with Crippen molar-refractivity contribution in [2.75, 3.05) is 45.2 Å². The minimum absolute atomic E-state index is 0.0621. The molecule has 0 bridgehead atoms. The lowest BCUT2D eigenvalue weighted by molar-refractivity contribution is -0.0258. The van der Waals surface area contributed by atoms with Crippen LogP contribution < -0.4 is 4.90 Å². The van der Waals surface area contributed by atoms with E-state index in [0.717, 1.165) is 10.3 Å². The van der Waals surface area contributed by atoms with Crippen molar-refractivity contribution in [3.8, 4) is 0 Å². The zero-order valence-electron chi connectivity index (χ0n) is 15.6. The Morgan fingerprint density at radius 2 is 1.75 bits per heavy atom. The lowest BCUT2D eigenvalue weighted by Gasteiger charge is -2.35. The molecule has 0 unspecified atom stereocenters. The van der Waals surface area contributed by atoms with Crippen LogP contribution in [0.2, 0.25) is 5.02 Å². The summed E-state index contributed by atoms with van der Waals surface area (Å²) < 4.78 is 25.2. The van der Waals surface area contributed by atoms with Gasteiger partial charge in [0.05, 0.1) is 17.0 Å². The molecule has 150 valence electrons. The molecule has 1 amide bonds. The SMILES string of the molecule is CON(C)S(=O)(=O)c1ccc(C(=O)N2CCN(c3ccc(Cl)cn3)CC2)cc1. The first-order valence-electron chi connectivity index (χ1n) is 8.62. The third kappa shape index (κ3) is 4.27. The molecule has 0 aliphatic carbocycles. The number of hydrogen-bond acceptors (Lipinski definition) is 6. The third-order valence-corrected chi connectivity index (χ3v) is 6.51. The van der Waals surface area contributed by atoms with Crippen LogP contribution in [0.5, 0.6) is 0 Å². The van der Waals surface area contributed by atoms with Crippen LogP contribution in [0, 0.1) is 0 Å². The first kappa shape index (κ1) is 20.5. The van der Waals surface area contributed by atoms with E-state index in [9.17, 15) is 13.2 Å². The molecule has 8 nitrogen and oxygen atoms in total. The number of anilines is 1. The summed E-state index contributed by atoms with van der Waals surface area (Å²) >= 11 is 5.87. The Morgan fingerprint density at radius 3 is 2.29 bits per heavy atom. The molecule has 1 aromatic carbocycles. The molecule has 0 N–H and O–H groups in total. The summed E-state index contributed by atoms with van der Waals surface area (Å²) in [5.41, 5.74) is 0.442. The lowest BCUT2D eigenvalue weighted by Crippen LogP contribution is -2.49. The number of carbonyl (C=O) groups is 1. The quantitative estimate of drug-likeness (QED) is 0.681. The Bertz CT molecular complexity index is 927. The summed E-state index contributed by atoms with van der Waals surface area (Å²) in [4.78, 5) is 25.7. The molecule has 1 aromatic heterocycles. The molecule has 2 heterocycles. The number of aromatic nitrogens is 1. The fourth-order valence-electron chi connectivity index (χ4n) is 2.89. The Kier molecular flexibility index (Phi) is 6.19. The van der Waals surface area contributed by atoms with Crippen molar-refractivity contribution in [2.45, 2.75) is 4.90 Å². The molecular formula is C18H21ClN4O4S. The highest BCUT2D eigenvalue weighted by molar-refractivity contribution is 7.89. The molecule has 0 spiro atoms. The maximum atomic E-state index is 12.7. The minimum atomic E-state index is -3.73. The first-order valence-corrected chi connectivity index (χ1v) is 10.4. The number of amides is 1. The second kappa shape index (κ2) is 8.44. The zero-order valence-corrected chi connectivity index (χ0v) is 17.2. The molecule has 0 atom stereocenters. The number of pyridine rings is 1. The van der Waals surface area contributed by atoms with E-state index in [4.69, 9.17) is 16.4 Å². The van der Waals surface area contributed by atoms with Crippen molar-refractivity contribution in [3.05, 3.63) is 53.2 Å². The van der Waals surface area contributed by atoms with Crippen LogP contribution in [0.1, 0.15) is 10.4 Å². The number of nitrogens with zero attached hydrogens (tertiary/aromatic N) is 4. The number of sulfonamides is 1. The van der Waals surface area contributed by atoms with Crippen molar-refractivity contribution in [1.82, 2.24) is 14.4 Å². The molecule has 3 rings (SSSR count). The second-order valence-corrected chi connectivity index (χ2v) is 8.61. The van der Waals surface area contributed by atoms with Crippen molar-refractivity contribution < 1.29 is 18.0 Å². The van der Waals surface area contributed by atoms with Gasteiger partial charge in [0.15, 0.2) is 0 Å². The Balaban J connectivity index is 1.64. The van der Waals surface area contributed by atoms with Crippen LogP contribution in [-0.4, -0.2) is 69.0 Å². The minimum Gasteiger partial charge on any atom is -0.353 e. The van der Waals surface area contributed by atoms with Gasteiger partial charge in [-0.25, -0.2) is 13.4 Å². The fourth-order valence-corrected chi connectivity index (χ4v) is 3.98. The molecule has 1 fully saturated rings. The van der Waals surface area contributed by atoms with Gasteiger partial charge < -0.3 is 9.80 Å². The highest BCUT2D eigenvalue weighted by Gasteiger charge is 2.24. The molecule has 1 aliphatic rings. The summed E-state index contributed by atoms with van der Waals surface area (Å²) in [5.74, 6) is 0.695. The van der Waals surface area contributed by atoms with Crippen LogP contribution in [0.3, 0.4) is 0 Å². The largest absolute Gasteiger partial charge is 0.353 e. The predicted octanol–water partition coefficient (Wildman–Crippen LogP) is 1.88. The normalized spacial score (nSPS) is 15.1. The van der Waals surface area contributed by atoms with Gasteiger partial charge in [0.1, 0.15) is 5.82 Å². The highest BCUT2D eigenvalue weighted by atomic mass is 35.5. The molecule has 2 aromatic rings. The molecule has 10 heteroatoms. The Hall–Kier alpha value is -2.20. The van der Waals surface area contributed by atoms with E-state index in [0.29, 0.717) is 36.8 Å². The third-order valence-electron chi connectivity index (χ3n) is 4.60. The summed E-state index contributed by atoms with van der Waals surface area (Å²) in [6.07, 6.45) is 1.60.